The van der Waals surface area contributed by atoms with Crippen LogP contribution in [0.4, 0.5) is 24.1 Å². The van der Waals surface area contributed by atoms with Crippen LogP contribution >= 0.6 is 11.3 Å². The summed E-state index contributed by atoms with van der Waals surface area (Å²) in [6.07, 6.45) is -1.45. The van der Waals surface area contributed by atoms with E-state index in [0.29, 0.717) is 16.3 Å². The Bertz CT molecular complexity index is 1390. The number of pyridine rings is 1. The van der Waals surface area contributed by atoms with Crippen LogP contribution in [0.25, 0.3) is 11.0 Å². The Kier molecular flexibility index (Phi) is 6.09. The van der Waals surface area contributed by atoms with Gasteiger partial charge in [0.15, 0.2) is 5.13 Å². The standard InChI is InChI=1S/C21H17F3N6O2S/c1-9(11-4-3-5-12(15(11)22)16(23)24)26-17-13-8-14(20(32)30-21-25-6-7-33-21)19(31)29-18(13)28-10(2)27-17/h3-9,16H,1-2H3,(H,25,30,32)(H2,26,27,28,29,31)/t9-/m1/s1. The van der Waals surface area contributed by atoms with E-state index in [-0.39, 0.29) is 22.6 Å². The maximum atomic E-state index is 14.6. The number of hydrogen-bond acceptors (Lipinski definition) is 7. The van der Waals surface area contributed by atoms with Crippen molar-refractivity contribution in [1.82, 2.24) is 19.9 Å². The van der Waals surface area contributed by atoms with Crippen molar-refractivity contribution in [3.8, 4) is 0 Å². The number of halogens is 3. The number of aromatic amines is 1. The smallest absolute Gasteiger partial charge is 0.266 e. The minimum atomic E-state index is -2.96. The molecule has 0 bridgehead atoms. The summed E-state index contributed by atoms with van der Waals surface area (Å²) in [6.45, 7) is 3.17. The fourth-order valence-corrected chi connectivity index (χ4v) is 3.80. The second-order valence-electron chi connectivity index (χ2n) is 7.10. The third-order valence-corrected chi connectivity index (χ3v) is 5.52. The van der Waals surface area contributed by atoms with E-state index in [1.807, 2.05) is 0 Å². The van der Waals surface area contributed by atoms with Crippen LogP contribution in [0.1, 0.15) is 46.7 Å². The summed E-state index contributed by atoms with van der Waals surface area (Å²) in [5.74, 6) is -1.19. The monoisotopic (exact) mass is 474 g/mol. The highest BCUT2D eigenvalue weighted by Gasteiger charge is 2.21. The van der Waals surface area contributed by atoms with E-state index in [0.717, 1.165) is 6.07 Å². The summed E-state index contributed by atoms with van der Waals surface area (Å²) in [6, 6.07) is 4.32. The summed E-state index contributed by atoms with van der Waals surface area (Å²) in [4.78, 5) is 40.1. The molecule has 0 fully saturated rings. The number of nitrogens with zero attached hydrogens (tertiary/aromatic N) is 3. The van der Waals surface area contributed by atoms with E-state index in [1.54, 1.807) is 19.2 Å². The summed E-state index contributed by atoms with van der Waals surface area (Å²) in [5.41, 5.74) is -1.38. The Morgan fingerprint density at radius 3 is 2.67 bits per heavy atom. The van der Waals surface area contributed by atoms with Crippen molar-refractivity contribution in [1.29, 1.82) is 0 Å². The quantitative estimate of drug-likeness (QED) is 0.377. The Balaban J connectivity index is 1.74. The minimum absolute atomic E-state index is 0.0170. The van der Waals surface area contributed by atoms with E-state index < -0.39 is 35.3 Å². The molecule has 3 N–H and O–H groups in total. The number of alkyl halides is 2. The first-order valence-electron chi connectivity index (χ1n) is 9.70. The van der Waals surface area contributed by atoms with Gasteiger partial charge in [-0.15, -0.1) is 11.3 Å². The maximum absolute atomic E-state index is 14.6. The van der Waals surface area contributed by atoms with Crippen LogP contribution in [0.5, 0.6) is 0 Å². The van der Waals surface area contributed by atoms with Crippen LogP contribution in [0.2, 0.25) is 0 Å². The molecule has 0 radical (unpaired) electrons. The lowest BCUT2D eigenvalue weighted by Gasteiger charge is -2.18. The summed E-state index contributed by atoms with van der Waals surface area (Å²) in [5, 5.41) is 7.79. The Morgan fingerprint density at radius 2 is 1.97 bits per heavy atom. The molecule has 4 aromatic rings. The number of aryl methyl sites for hydroxylation is 1. The number of benzene rings is 1. The fourth-order valence-electron chi connectivity index (χ4n) is 3.28. The van der Waals surface area contributed by atoms with Crippen molar-refractivity contribution in [2.75, 3.05) is 10.6 Å². The van der Waals surface area contributed by atoms with Crippen LogP contribution < -0.4 is 16.2 Å². The average molecular weight is 474 g/mol. The lowest BCUT2D eigenvalue weighted by molar-refractivity contribution is 0.102. The molecular weight excluding hydrogens is 457 g/mol. The Morgan fingerprint density at radius 1 is 1.21 bits per heavy atom. The van der Waals surface area contributed by atoms with E-state index in [1.165, 1.54) is 35.7 Å². The Labute approximate surface area is 188 Å². The van der Waals surface area contributed by atoms with Gasteiger partial charge in [-0.1, -0.05) is 18.2 Å². The second-order valence-corrected chi connectivity index (χ2v) is 8.00. The number of H-pyrrole nitrogens is 1. The molecule has 4 rings (SSSR count). The van der Waals surface area contributed by atoms with Crippen molar-refractivity contribution < 1.29 is 18.0 Å². The van der Waals surface area contributed by atoms with Gasteiger partial charge in [0, 0.05) is 17.1 Å². The number of nitrogens with one attached hydrogen (secondary N) is 3. The van der Waals surface area contributed by atoms with Crippen molar-refractivity contribution in [2.45, 2.75) is 26.3 Å². The number of fused-ring (bicyclic) bond motifs is 1. The number of anilines is 2. The summed E-state index contributed by atoms with van der Waals surface area (Å²) in [7, 11) is 0. The fraction of sp³-hybridized carbons (Fsp3) is 0.190. The second kappa shape index (κ2) is 8.98. The van der Waals surface area contributed by atoms with Crippen LogP contribution in [-0.2, 0) is 0 Å². The molecule has 0 saturated heterocycles. The minimum Gasteiger partial charge on any atom is -0.363 e. The number of hydrogen-bond donors (Lipinski definition) is 3. The van der Waals surface area contributed by atoms with Crippen LogP contribution in [0.15, 0.2) is 40.6 Å². The molecule has 0 aliphatic rings. The number of rotatable bonds is 6. The van der Waals surface area contributed by atoms with E-state index in [2.05, 4.69) is 30.6 Å². The zero-order chi connectivity index (χ0) is 23.7. The van der Waals surface area contributed by atoms with Crippen molar-refractivity contribution in [3.05, 3.63) is 74.5 Å². The molecule has 0 aliphatic heterocycles. The first kappa shape index (κ1) is 22.4. The van der Waals surface area contributed by atoms with Gasteiger partial charge in [-0.2, -0.15) is 0 Å². The van der Waals surface area contributed by atoms with Gasteiger partial charge in [-0.05, 0) is 19.9 Å². The highest BCUT2D eigenvalue weighted by Crippen LogP contribution is 2.30. The molecule has 12 heteroatoms. The molecule has 3 heterocycles. The van der Waals surface area contributed by atoms with Crippen molar-refractivity contribution in [3.63, 3.8) is 0 Å². The van der Waals surface area contributed by atoms with E-state index >= 15 is 0 Å². The first-order chi connectivity index (χ1) is 15.7. The highest BCUT2D eigenvalue weighted by molar-refractivity contribution is 7.13. The largest absolute Gasteiger partial charge is 0.363 e. The SMILES string of the molecule is Cc1nc(N[C@H](C)c2cccc(C(F)F)c2F)c2cc(C(=O)Nc3nccs3)c(=O)[nH]c2n1. The zero-order valence-electron chi connectivity index (χ0n) is 17.3. The number of aromatic nitrogens is 4. The van der Waals surface area contributed by atoms with Crippen LogP contribution in [-0.4, -0.2) is 25.8 Å². The van der Waals surface area contributed by atoms with Crippen LogP contribution in [0, 0.1) is 12.7 Å². The Hall–Kier alpha value is -3.80. The zero-order valence-corrected chi connectivity index (χ0v) is 18.1. The molecule has 1 atom stereocenters. The molecular formula is C21H17F3N6O2S. The third kappa shape index (κ3) is 4.55. The number of carbonyl (C=O) groups is 1. The van der Waals surface area contributed by atoms with Gasteiger partial charge in [0.1, 0.15) is 28.7 Å². The number of amides is 1. The highest BCUT2D eigenvalue weighted by atomic mass is 32.1. The van der Waals surface area contributed by atoms with Gasteiger partial charge >= 0.3 is 0 Å². The molecule has 0 aliphatic carbocycles. The van der Waals surface area contributed by atoms with E-state index in [9.17, 15) is 22.8 Å². The van der Waals surface area contributed by atoms with E-state index in [4.69, 9.17) is 0 Å². The average Bonchev–Trinajstić information content (AvgIpc) is 3.25. The lowest BCUT2D eigenvalue weighted by Crippen LogP contribution is -2.23. The summed E-state index contributed by atoms with van der Waals surface area (Å²) >= 11 is 1.19. The molecule has 1 aromatic carbocycles. The van der Waals surface area contributed by atoms with Gasteiger partial charge < -0.3 is 10.3 Å². The van der Waals surface area contributed by atoms with Crippen molar-refractivity contribution >= 4 is 39.2 Å². The summed E-state index contributed by atoms with van der Waals surface area (Å²) < 4.78 is 40.8. The predicted octanol–water partition coefficient (Wildman–Crippen LogP) is 4.59. The molecule has 0 unspecified atom stereocenters. The van der Waals surface area contributed by atoms with Gasteiger partial charge in [0.2, 0.25) is 0 Å². The molecule has 0 saturated carbocycles. The van der Waals surface area contributed by atoms with Crippen LogP contribution in [0.3, 0.4) is 0 Å². The first-order valence-corrected chi connectivity index (χ1v) is 10.6. The number of thiazole rings is 1. The maximum Gasteiger partial charge on any atom is 0.266 e. The third-order valence-electron chi connectivity index (χ3n) is 4.83. The molecule has 1 amide bonds. The molecule has 33 heavy (non-hydrogen) atoms. The molecule has 0 spiro atoms. The van der Waals surface area contributed by atoms with Gasteiger partial charge in [-0.25, -0.2) is 28.1 Å². The molecule has 8 nitrogen and oxygen atoms in total. The van der Waals surface area contributed by atoms with Gasteiger partial charge in [0.25, 0.3) is 17.9 Å². The predicted molar refractivity (Wildman–Crippen MR) is 118 cm³/mol. The van der Waals surface area contributed by atoms with Gasteiger partial charge in [0.05, 0.1) is 17.0 Å². The lowest BCUT2D eigenvalue weighted by atomic mass is 10.0. The molecule has 3 aromatic heterocycles. The normalized spacial score (nSPS) is 12.2. The number of carbonyl (C=O) groups excluding carboxylic acids is 1. The molecule has 170 valence electrons. The topological polar surface area (TPSA) is 113 Å². The van der Waals surface area contributed by atoms with Gasteiger partial charge in [-0.3, -0.25) is 14.9 Å². The van der Waals surface area contributed by atoms with Crippen molar-refractivity contribution in [2.24, 2.45) is 0 Å².